The zero-order valence-corrected chi connectivity index (χ0v) is 14.6. The number of nitrogens with zero attached hydrogens (tertiary/aromatic N) is 3. The quantitative estimate of drug-likeness (QED) is 0.388. The third-order valence-electron chi connectivity index (χ3n) is 4.24. The van der Waals surface area contributed by atoms with E-state index in [9.17, 15) is 0 Å². The van der Waals surface area contributed by atoms with Gasteiger partial charge in [0.15, 0.2) is 0 Å². The van der Waals surface area contributed by atoms with Crippen molar-refractivity contribution in [2.75, 3.05) is 0 Å². The standard InChI is InChI=1S/C20H12ClN3S/c21-13-7-9-14(10-8-13)24-12-22-19-18(17-6-3-11-25-17)23-16-5-2-1-4-15(16)20(19)24/h1-12H. The number of pyridine rings is 1. The Labute approximate surface area is 153 Å². The van der Waals surface area contributed by atoms with E-state index in [1.165, 1.54) is 0 Å². The molecule has 0 aliphatic rings. The molecule has 0 unspecified atom stereocenters. The first-order valence-electron chi connectivity index (χ1n) is 7.87. The average Bonchev–Trinajstić information content (AvgIpc) is 3.32. The summed E-state index contributed by atoms with van der Waals surface area (Å²) in [4.78, 5) is 10.7. The molecular formula is C20H12ClN3S. The highest BCUT2D eigenvalue weighted by molar-refractivity contribution is 7.13. The Morgan fingerprint density at radius 3 is 2.56 bits per heavy atom. The van der Waals surface area contributed by atoms with Crippen molar-refractivity contribution in [1.82, 2.24) is 14.5 Å². The fourth-order valence-electron chi connectivity index (χ4n) is 3.11. The van der Waals surface area contributed by atoms with Crippen LogP contribution >= 0.6 is 22.9 Å². The van der Waals surface area contributed by atoms with Gasteiger partial charge in [-0.2, -0.15) is 0 Å². The second-order valence-electron chi connectivity index (χ2n) is 5.74. The van der Waals surface area contributed by atoms with Gasteiger partial charge in [0.25, 0.3) is 0 Å². The molecule has 120 valence electrons. The fourth-order valence-corrected chi connectivity index (χ4v) is 3.95. The summed E-state index contributed by atoms with van der Waals surface area (Å²) in [5.74, 6) is 0. The van der Waals surface area contributed by atoms with Crippen LogP contribution in [-0.2, 0) is 0 Å². The summed E-state index contributed by atoms with van der Waals surface area (Å²) >= 11 is 7.72. The predicted molar refractivity (Wildman–Crippen MR) is 105 cm³/mol. The maximum atomic E-state index is 6.05. The Hall–Kier alpha value is -2.69. The SMILES string of the molecule is Clc1ccc(-n2cnc3c(-c4cccs4)nc4ccccc4c32)cc1. The molecule has 2 aromatic carbocycles. The van der Waals surface area contributed by atoms with E-state index < -0.39 is 0 Å². The lowest BCUT2D eigenvalue weighted by Crippen LogP contribution is -1.94. The number of thiophene rings is 1. The van der Waals surface area contributed by atoms with E-state index in [1.54, 1.807) is 11.3 Å². The highest BCUT2D eigenvalue weighted by Crippen LogP contribution is 2.34. The first-order valence-corrected chi connectivity index (χ1v) is 9.12. The number of rotatable bonds is 2. The molecule has 0 saturated heterocycles. The Balaban J connectivity index is 1.91. The average molecular weight is 362 g/mol. The van der Waals surface area contributed by atoms with Crippen molar-refractivity contribution < 1.29 is 0 Å². The van der Waals surface area contributed by atoms with Gasteiger partial charge in [-0.05, 0) is 41.8 Å². The molecular weight excluding hydrogens is 350 g/mol. The van der Waals surface area contributed by atoms with Crippen molar-refractivity contribution in [3.8, 4) is 16.3 Å². The van der Waals surface area contributed by atoms with E-state index in [0.717, 1.165) is 43.2 Å². The lowest BCUT2D eigenvalue weighted by Gasteiger charge is -2.09. The van der Waals surface area contributed by atoms with Gasteiger partial charge < -0.3 is 0 Å². The first-order chi connectivity index (χ1) is 12.3. The molecule has 0 aliphatic heterocycles. The topological polar surface area (TPSA) is 30.7 Å². The van der Waals surface area contributed by atoms with E-state index >= 15 is 0 Å². The summed E-state index contributed by atoms with van der Waals surface area (Å²) in [6.45, 7) is 0. The molecule has 0 atom stereocenters. The number of hydrogen-bond donors (Lipinski definition) is 0. The molecule has 3 nitrogen and oxygen atoms in total. The first kappa shape index (κ1) is 14.6. The predicted octanol–water partition coefficient (Wildman–Crippen LogP) is 5.96. The lowest BCUT2D eigenvalue weighted by molar-refractivity contribution is 1.10. The van der Waals surface area contributed by atoms with E-state index in [4.69, 9.17) is 21.6 Å². The molecule has 3 heterocycles. The van der Waals surface area contributed by atoms with Gasteiger partial charge in [0.2, 0.25) is 0 Å². The van der Waals surface area contributed by atoms with Gasteiger partial charge in [-0.1, -0.05) is 35.9 Å². The Morgan fingerprint density at radius 1 is 0.920 bits per heavy atom. The van der Waals surface area contributed by atoms with Crippen LogP contribution in [-0.4, -0.2) is 14.5 Å². The monoisotopic (exact) mass is 361 g/mol. The molecule has 5 aromatic rings. The van der Waals surface area contributed by atoms with Crippen LogP contribution < -0.4 is 0 Å². The zero-order chi connectivity index (χ0) is 16.8. The van der Waals surface area contributed by atoms with Gasteiger partial charge in [-0.15, -0.1) is 11.3 Å². The number of imidazole rings is 1. The number of hydrogen-bond acceptors (Lipinski definition) is 3. The van der Waals surface area contributed by atoms with Crippen molar-refractivity contribution in [2.45, 2.75) is 0 Å². The largest absolute Gasteiger partial charge is 0.298 e. The lowest BCUT2D eigenvalue weighted by atomic mass is 10.1. The third-order valence-corrected chi connectivity index (χ3v) is 5.37. The third kappa shape index (κ3) is 2.34. The van der Waals surface area contributed by atoms with Crippen LogP contribution in [0.4, 0.5) is 0 Å². The molecule has 0 amide bonds. The number of fused-ring (bicyclic) bond motifs is 3. The molecule has 0 N–H and O–H groups in total. The van der Waals surface area contributed by atoms with Gasteiger partial charge in [-0.25, -0.2) is 9.97 Å². The molecule has 5 rings (SSSR count). The van der Waals surface area contributed by atoms with E-state index in [1.807, 2.05) is 54.9 Å². The minimum Gasteiger partial charge on any atom is -0.298 e. The maximum absolute atomic E-state index is 6.05. The number of para-hydroxylation sites is 1. The smallest absolute Gasteiger partial charge is 0.117 e. The second-order valence-corrected chi connectivity index (χ2v) is 7.13. The second kappa shape index (κ2) is 5.69. The summed E-state index contributed by atoms with van der Waals surface area (Å²) < 4.78 is 2.10. The minimum absolute atomic E-state index is 0.721. The van der Waals surface area contributed by atoms with Crippen LogP contribution in [0.1, 0.15) is 0 Å². The summed E-state index contributed by atoms with van der Waals surface area (Å²) in [5.41, 5.74) is 4.90. The van der Waals surface area contributed by atoms with Crippen molar-refractivity contribution in [3.63, 3.8) is 0 Å². The van der Waals surface area contributed by atoms with E-state index in [-0.39, 0.29) is 0 Å². The van der Waals surface area contributed by atoms with Gasteiger partial charge in [0.1, 0.15) is 17.5 Å². The number of aromatic nitrogens is 3. The maximum Gasteiger partial charge on any atom is 0.117 e. The van der Waals surface area contributed by atoms with Crippen LogP contribution in [0.15, 0.2) is 72.4 Å². The summed E-state index contributed by atoms with van der Waals surface area (Å²) in [5, 5.41) is 3.87. The molecule has 0 saturated carbocycles. The van der Waals surface area contributed by atoms with Crippen molar-refractivity contribution in [2.24, 2.45) is 0 Å². The summed E-state index contributed by atoms with van der Waals surface area (Å²) in [7, 11) is 0. The van der Waals surface area contributed by atoms with Crippen LogP contribution in [0.2, 0.25) is 5.02 Å². The van der Waals surface area contributed by atoms with Gasteiger partial charge in [0.05, 0.1) is 15.9 Å². The van der Waals surface area contributed by atoms with Gasteiger partial charge >= 0.3 is 0 Å². The normalized spacial score (nSPS) is 11.4. The van der Waals surface area contributed by atoms with Crippen molar-refractivity contribution >= 4 is 44.9 Å². The number of halogens is 1. The Morgan fingerprint density at radius 2 is 1.76 bits per heavy atom. The number of benzene rings is 2. The highest BCUT2D eigenvalue weighted by Gasteiger charge is 2.16. The van der Waals surface area contributed by atoms with E-state index in [2.05, 4.69) is 22.1 Å². The van der Waals surface area contributed by atoms with Crippen LogP contribution in [0, 0.1) is 0 Å². The van der Waals surface area contributed by atoms with Gasteiger partial charge in [-0.3, -0.25) is 4.57 Å². The minimum atomic E-state index is 0.721. The zero-order valence-electron chi connectivity index (χ0n) is 13.1. The molecule has 0 spiro atoms. The molecule has 0 bridgehead atoms. The summed E-state index contributed by atoms with van der Waals surface area (Å²) in [6, 6.07) is 20.1. The molecule has 0 aliphatic carbocycles. The Kier molecular flexibility index (Phi) is 3.33. The van der Waals surface area contributed by atoms with Crippen LogP contribution in [0.5, 0.6) is 0 Å². The van der Waals surface area contributed by atoms with Crippen molar-refractivity contribution in [3.05, 3.63) is 77.4 Å². The fraction of sp³-hybridized carbons (Fsp3) is 0. The molecule has 25 heavy (non-hydrogen) atoms. The Bertz CT molecular complexity index is 1190. The van der Waals surface area contributed by atoms with Crippen LogP contribution in [0.25, 0.3) is 38.2 Å². The molecule has 0 fully saturated rings. The van der Waals surface area contributed by atoms with Crippen molar-refractivity contribution in [1.29, 1.82) is 0 Å². The van der Waals surface area contributed by atoms with Crippen LogP contribution in [0.3, 0.4) is 0 Å². The highest BCUT2D eigenvalue weighted by atomic mass is 35.5. The molecule has 3 aromatic heterocycles. The summed E-state index contributed by atoms with van der Waals surface area (Å²) in [6.07, 6.45) is 1.86. The molecule has 0 radical (unpaired) electrons. The molecule has 5 heteroatoms. The van der Waals surface area contributed by atoms with Gasteiger partial charge in [0, 0.05) is 16.1 Å². The van der Waals surface area contributed by atoms with E-state index in [0.29, 0.717) is 0 Å².